The molecule has 0 bridgehead atoms. The van der Waals surface area contributed by atoms with Gasteiger partial charge in [0.25, 0.3) is 0 Å². The molecule has 8 nitrogen and oxygen atoms in total. The fraction of sp³-hybridized carbons (Fsp3) is 0.450. The number of thiazole rings is 1. The topological polar surface area (TPSA) is 86.0 Å². The summed E-state index contributed by atoms with van der Waals surface area (Å²) in [6.45, 7) is 8.14. The maximum atomic E-state index is 13.0. The Labute approximate surface area is 173 Å². The molecule has 2 unspecified atom stereocenters. The Kier molecular flexibility index (Phi) is 5.08. The van der Waals surface area contributed by atoms with Crippen LogP contribution in [-0.4, -0.2) is 47.6 Å². The second-order valence-corrected chi connectivity index (χ2v) is 9.01. The number of likely N-dealkylation sites (tertiary alicyclic amines) is 1. The Morgan fingerprint density at radius 1 is 1.28 bits per heavy atom. The van der Waals surface area contributed by atoms with Crippen LogP contribution in [0.2, 0.25) is 0 Å². The van der Waals surface area contributed by atoms with E-state index in [0.717, 1.165) is 22.8 Å². The number of hydrogen-bond donors (Lipinski definition) is 0. The zero-order valence-corrected chi connectivity index (χ0v) is 17.8. The fourth-order valence-electron chi connectivity index (χ4n) is 3.58. The molecule has 0 N–H and O–H groups in total. The van der Waals surface area contributed by atoms with E-state index in [4.69, 9.17) is 9.72 Å². The normalized spacial score (nSPS) is 19.5. The fourth-order valence-corrected chi connectivity index (χ4v) is 4.39. The van der Waals surface area contributed by atoms with Gasteiger partial charge >= 0.3 is 6.09 Å². The molecule has 0 spiro atoms. The molecule has 9 heteroatoms. The first-order chi connectivity index (χ1) is 13.8. The Hall–Kier alpha value is -2.81. The van der Waals surface area contributed by atoms with E-state index >= 15 is 0 Å². The summed E-state index contributed by atoms with van der Waals surface area (Å²) < 4.78 is 7.45. The molecule has 152 valence electrons. The molecule has 29 heavy (non-hydrogen) atoms. The molecule has 1 amide bonds. The van der Waals surface area contributed by atoms with Crippen LogP contribution in [-0.2, 0) is 4.74 Å². The van der Waals surface area contributed by atoms with E-state index in [1.54, 1.807) is 45.7 Å². The number of nitrogens with zero attached hydrogens (tertiary/aromatic N) is 6. The molecule has 1 fully saturated rings. The van der Waals surface area contributed by atoms with Crippen molar-refractivity contribution < 1.29 is 9.53 Å². The number of carbonyl (C=O) groups excluding carboxylic acids is 1. The van der Waals surface area contributed by atoms with Gasteiger partial charge in [-0.05, 0) is 40.2 Å². The van der Waals surface area contributed by atoms with E-state index in [2.05, 4.69) is 15.0 Å². The SMILES string of the molecule is Cc1cc(C2C(c3nccs3)CCN2C(=O)OC(C)(C)C)nc(-n2ccnc2)n1. The lowest BCUT2D eigenvalue weighted by atomic mass is 9.97. The lowest BCUT2D eigenvalue weighted by Crippen LogP contribution is -2.37. The van der Waals surface area contributed by atoms with Gasteiger partial charge in [-0.25, -0.2) is 24.7 Å². The first kappa shape index (κ1) is 19.5. The molecule has 1 aliphatic heterocycles. The van der Waals surface area contributed by atoms with Crippen molar-refractivity contribution >= 4 is 17.4 Å². The second-order valence-electron chi connectivity index (χ2n) is 8.09. The summed E-state index contributed by atoms with van der Waals surface area (Å²) in [5.41, 5.74) is 1.04. The molecule has 1 aliphatic rings. The van der Waals surface area contributed by atoms with Gasteiger partial charge < -0.3 is 4.74 Å². The maximum absolute atomic E-state index is 13.0. The minimum Gasteiger partial charge on any atom is -0.444 e. The predicted octanol–water partition coefficient (Wildman–Crippen LogP) is 3.89. The summed E-state index contributed by atoms with van der Waals surface area (Å²) in [4.78, 5) is 32.7. The van der Waals surface area contributed by atoms with Crippen molar-refractivity contribution in [3.05, 3.63) is 52.8 Å². The number of amides is 1. The standard InChI is InChI=1S/C20H24N6O2S/c1-13-11-15(24-18(23-13)25-9-6-21-12-25)16-14(17-22-7-10-29-17)5-8-26(16)19(27)28-20(2,3)4/h6-7,9-12,14,16H,5,8H2,1-4H3. The summed E-state index contributed by atoms with van der Waals surface area (Å²) in [7, 11) is 0. The highest BCUT2D eigenvalue weighted by atomic mass is 32.1. The Balaban J connectivity index is 1.76. The molecule has 1 saturated heterocycles. The van der Waals surface area contributed by atoms with Gasteiger partial charge in [-0.15, -0.1) is 11.3 Å². The van der Waals surface area contributed by atoms with E-state index in [1.807, 2.05) is 39.1 Å². The molecular formula is C20H24N6O2S. The Morgan fingerprint density at radius 3 is 2.76 bits per heavy atom. The van der Waals surface area contributed by atoms with Gasteiger partial charge in [0, 0.05) is 42.1 Å². The van der Waals surface area contributed by atoms with Crippen LogP contribution < -0.4 is 0 Å². The van der Waals surface area contributed by atoms with Crippen LogP contribution >= 0.6 is 11.3 Å². The van der Waals surface area contributed by atoms with Gasteiger partial charge in [-0.3, -0.25) is 9.47 Å². The smallest absolute Gasteiger partial charge is 0.410 e. The molecule has 2 atom stereocenters. The third kappa shape index (κ3) is 4.14. The number of rotatable bonds is 3. The minimum absolute atomic E-state index is 0.0625. The summed E-state index contributed by atoms with van der Waals surface area (Å²) >= 11 is 1.60. The van der Waals surface area contributed by atoms with Crippen LogP contribution in [0.1, 0.15) is 55.5 Å². The van der Waals surface area contributed by atoms with Gasteiger partial charge in [0.05, 0.1) is 16.7 Å². The summed E-state index contributed by atoms with van der Waals surface area (Å²) in [6.07, 6.45) is 7.43. The highest BCUT2D eigenvalue weighted by Gasteiger charge is 2.43. The van der Waals surface area contributed by atoms with Crippen LogP contribution in [0.3, 0.4) is 0 Å². The Bertz CT molecular complexity index is 981. The van der Waals surface area contributed by atoms with Gasteiger partial charge in [0.2, 0.25) is 5.95 Å². The molecule has 0 aromatic carbocycles. The zero-order chi connectivity index (χ0) is 20.6. The van der Waals surface area contributed by atoms with E-state index in [9.17, 15) is 4.79 Å². The molecule has 4 heterocycles. The first-order valence-electron chi connectivity index (χ1n) is 9.55. The highest BCUT2D eigenvalue weighted by Crippen LogP contribution is 2.44. The molecule has 0 aliphatic carbocycles. The van der Waals surface area contributed by atoms with Crippen molar-refractivity contribution in [1.82, 2.24) is 29.4 Å². The number of ether oxygens (including phenoxy) is 1. The van der Waals surface area contributed by atoms with Crippen LogP contribution in [0.25, 0.3) is 5.95 Å². The average molecular weight is 413 g/mol. The van der Waals surface area contributed by atoms with Crippen molar-refractivity contribution in [3.63, 3.8) is 0 Å². The van der Waals surface area contributed by atoms with E-state index in [-0.39, 0.29) is 18.1 Å². The summed E-state index contributed by atoms with van der Waals surface area (Å²) in [5, 5.41) is 2.96. The van der Waals surface area contributed by atoms with E-state index in [0.29, 0.717) is 12.5 Å². The number of imidazole rings is 1. The molecular weight excluding hydrogens is 388 g/mol. The van der Waals surface area contributed by atoms with Gasteiger partial charge in [0.15, 0.2) is 0 Å². The zero-order valence-electron chi connectivity index (χ0n) is 16.9. The molecule has 3 aromatic heterocycles. The lowest BCUT2D eigenvalue weighted by molar-refractivity contribution is 0.0214. The van der Waals surface area contributed by atoms with Crippen LogP contribution in [0, 0.1) is 6.92 Å². The van der Waals surface area contributed by atoms with Gasteiger partial charge in [-0.2, -0.15) is 0 Å². The number of aryl methyl sites for hydroxylation is 1. The van der Waals surface area contributed by atoms with E-state index in [1.165, 1.54) is 0 Å². The van der Waals surface area contributed by atoms with Gasteiger partial charge in [-0.1, -0.05) is 0 Å². The molecule has 4 rings (SSSR count). The molecule has 3 aromatic rings. The number of carbonyl (C=O) groups is 1. The van der Waals surface area contributed by atoms with Crippen LogP contribution in [0.15, 0.2) is 36.4 Å². The minimum atomic E-state index is -0.565. The van der Waals surface area contributed by atoms with Crippen molar-refractivity contribution in [2.24, 2.45) is 0 Å². The van der Waals surface area contributed by atoms with Crippen molar-refractivity contribution in [2.45, 2.75) is 51.7 Å². The third-order valence-electron chi connectivity index (χ3n) is 4.70. The maximum Gasteiger partial charge on any atom is 0.410 e. The van der Waals surface area contributed by atoms with E-state index < -0.39 is 5.60 Å². The first-order valence-corrected chi connectivity index (χ1v) is 10.4. The quantitative estimate of drug-likeness (QED) is 0.649. The van der Waals surface area contributed by atoms with Crippen molar-refractivity contribution in [3.8, 4) is 5.95 Å². The van der Waals surface area contributed by atoms with Gasteiger partial charge in [0.1, 0.15) is 11.9 Å². The third-order valence-corrected chi connectivity index (χ3v) is 5.60. The average Bonchev–Trinajstić information content (AvgIpc) is 3.39. The monoisotopic (exact) mass is 412 g/mol. The van der Waals surface area contributed by atoms with Crippen molar-refractivity contribution in [2.75, 3.05) is 6.54 Å². The molecule has 0 radical (unpaired) electrons. The number of aromatic nitrogens is 5. The van der Waals surface area contributed by atoms with Crippen molar-refractivity contribution in [1.29, 1.82) is 0 Å². The lowest BCUT2D eigenvalue weighted by Gasteiger charge is -2.30. The van der Waals surface area contributed by atoms with Crippen LogP contribution in [0.5, 0.6) is 0 Å². The summed E-state index contributed by atoms with van der Waals surface area (Å²) in [5.74, 6) is 0.596. The Morgan fingerprint density at radius 2 is 2.10 bits per heavy atom. The largest absolute Gasteiger partial charge is 0.444 e. The van der Waals surface area contributed by atoms with Crippen LogP contribution in [0.4, 0.5) is 4.79 Å². The predicted molar refractivity (Wildman–Crippen MR) is 109 cm³/mol. The molecule has 0 saturated carbocycles. The summed E-state index contributed by atoms with van der Waals surface area (Å²) in [6, 6.07) is 1.67. The number of hydrogen-bond acceptors (Lipinski definition) is 7. The highest BCUT2D eigenvalue weighted by molar-refractivity contribution is 7.09. The second kappa shape index (κ2) is 7.55.